The number of allylic oxidation sites excluding steroid dienone is 4. The Morgan fingerprint density at radius 1 is 1.27 bits per heavy atom. The molecule has 4 rings (SSSR count). The minimum Gasteiger partial charge on any atom is -0.458 e. The molecule has 30 heavy (non-hydrogen) atoms. The molecule has 164 valence electrons. The molecule has 4 aliphatic rings. The Hall–Kier alpha value is -1.79. The van der Waals surface area contributed by atoms with Crippen LogP contribution in [0.1, 0.15) is 59.8 Å². The molecule has 0 aromatic rings. The van der Waals surface area contributed by atoms with Crippen molar-refractivity contribution in [3.8, 4) is 0 Å². The molecule has 0 unspecified atom stereocenters. The van der Waals surface area contributed by atoms with Crippen LogP contribution in [0.5, 0.6) is 0 Å². The van der Waals surface area contributed by atoms with Gasteiger partial charge in [0.25, 0.3) is 0 Å². The quantitative estimate of drug-likeness (QED) is 0.686. The summed E-state index contributed by atoms with van der Waals surface area (Å²) >= 11 is 0. The van der Waals surface area contributed by atoms with Crippen LogP contribution in [0.3, 0.4) is 0 Å². The summed E-state index contributed by atoms with van der Waals surface area (Å²) in [4.78, 5) is 36.2. The first-order valence-electron chi connectivity index (χ1n) is 10.9. The Bertz CT molecular complexity index is 871. The van der Waals surface area contributed by atoms with Gasteiger partial charge >= 0.3 is 5.97 Å². The Kier molecular flexibility index (Phi) is 4.90. The van der Waals surface area contributed by atoms with Crippen LogP contribution in [-0.4, -0.2) is 46.1 Å². The number of aliphatic hydroxyl groups is 2. The van der Waals surface area contributed by atoms with Crippen molar-refractivity contribution < 1.29 is 29.3 Å². The Morgan fingerprint density at radius 2 is 1.97 bits per heavy atom. The summed E-state index contributed by atoms with van der Waals surface area (Å²) in [5.74, 6) is -0.910. The van der Waals surface area contributed by atoms with E-state index >= 15 is 0 Å². The van der Waals surface area contributed by atoms with Gasteiger partial charge in [0.15, 0.2) is 12.4 Å². The molecule has 2 fully saturated rings. The first-order valence-corrected chi connectivity index (χ1v) is 10.9. The molecule has 4 aliphatic carbocycles. The number of carbonyl (C=O) groups is 3. The van der Waals surface area contributed by atoms with Crippen molar-refractivity contribution in [2.45, 2.75) is 71.5 Å². The lowest BCUT2D eigenvalue weighted by Gasteiger charge is -2.59. The maximum Gasteiger partial charge on any atom is 0.303 e. The second-order valence-corrected chi connectivity index (χ2v) is 10.3. The van der Waals surface area contributed by atoms with Gasteiger partial charge in [0, 0.05) is 24.7 Å². The lowest BCUT2D eigenvalue weighted by Crippen LogP contribution is -2.61. The molecule has 0 bridgehead atoms. The van der Waals surface area contributed by atoms with Gasteiger partial charge in [-0.2, -0.15) is 0 Å². The molecule has 0 aliphatic heterocycles. The van der Waals surface area contributed by atoms with E-state index in [1.807, 2.05) is 13.8 Å². The van der Waals surface area contributed by atoms with Crippen LogP contribution in [0.25, 0.3) is 0 Å². The van der Waals surface area contributed by atoms with Crippen LogP contribution in [-0.2, 0) is 19.1 Å². The molecular weight excluding hydrogens is 384 g/mol. The van der Waals surface area contributed by atoms with Crippen molar-refractivity contribution >= 4 is 17.5 Å². The van der Waals surface area contributed by atoms with E-state index in [9.17, 15) is 24.6 Å². The largest absolute Gasteiger partial charge is 0.458 e. The van der Waals surface area contributed by atoms with Gasteiger partial charge in [-0.05, 0) is 61.5 Å². The van der Waals surface area contributed by atoms with E-state index in [1.54, 1.807) is 6.08 Å². The summed E-state index contributed by atoms with van der Waals surface area (Å²) in [6.07, 6.45) is 5.68. The fourth-order valence-corrected chi connectivity index (χ4v) is 7.30. The summed E-state index contributed by atoms with van der Waals surface area (Å²) < 4.78 is 4.89. The molecule has 7 atom stereocenters. The SMILES string of the molecule is CC(=O)OCC(=O)[C@@]1(O)CC[C@H]2[C@@H]3C=C(C)C4=CC(=O)CC[C@]4(C)[C@H]3[C@@H](O)C[C@@]21C. The topological polar surface area (TPSA) is 101 Å². The van der Waals surface area contributed by atoms with Crippen molar-refractivity contribution in [1.82, 2.24) is 0 Å². The average molecular weight is 417 g/mol. The lowest BCUT2D eigenvalue weighted by atomic mass is 9.46. The van der Waals surface area contributed by atoms with Gasteiger partial charge in [-0.15, -0.1) is 0 Å². The number of ketones is 2. The molecular formula is C24H32O6. The number of hydrogen-bond donors (Lipinski definition) is 2. The number of hydrogen-bond acceptors (Lipinski definition) is 6. The highest BCUT2D eigenvalue weighted by atomic mass is 16.5. The first kappa shape index (κ1) is 21.4. The summed E-state index contributed by atoms with van der Waals surface area (Å²) in [6.45, 7) is 6.86. The third-order valence-electron chi connectivity index (χ3n) is 8.79. The van der Waals surface area contributed by atoms with E-state index in [0.29, 0.717) is 32.1 Å². The second-order valence-electron chi connectivity index (χ2n) is 10.3. The monoisotopic (exact) mass is 416 g/mol. The molecule has 2 N–H and O–H groups in total. The molecule has 0 spiro atoms. The number of ether oxygens (including phenoxy) is 1. The Morgan fingerprint density at radius 3 is 2.63 bits per heavy atom. The zero-order chi connectivity index (χ0) is 22.1. The van der Waals surface area contributed by atoms with E-state index in [-0.39, 0.29) is 29.0 Å². The number of carbonyl (C=O) groups excluding carboxylic acids is 3. The van der Waals surface area contributed by atoms with Crippen molar-refractivity contribution in [3.05, 3.63) is 23.3 Å². The standard InChI is InChI=1S/C24H32O6/c1-13-9-16-17-6-8-24(29,20(28)12-30-14(2)25)23(17,4)11-19(27)21(16)22(3)7-5-15(26)10-18(13)22/h9-10,16-17,19,21,27,29H,5-8,11-12H2,1-4H3/t16-,17-,19-,21+,22-,23-,24-/m0/s1. The fourth-order valence-electron chi connectivity index (χ4n) is 7.30. The number of rotatable bonds is 3. The molecule has 6 heteroatoms. The summed E-state index contributed by atoms with van der Waals surface area (Å²) in [5.41, 5.74) is -0.628. The van der Waals surface area contributed by atoms with Crippen molar-refractivity contribution in [2.24, 2.45) is 28.6 Å². The highest BCUT2D eigenvalue weighted by Crippen LogP contribution is 2.67. The molecule has 0 heterocycles. The van der Waals surface area contributed by atoms with Gasteiger partial charge in [-0.3, -0.25) is 14.4 Å². The number of esters is 1. The molecule has 0 saturated heterocycles. The van der Waals surface area contributed by atoms with Gasteiger partial charge in [-0.25, -0.2) is 0 Å². The predicted molar refractivity (Wildman–Crippen MR) is 109 cm³/mol. The molecule has 0 aromatic heterocycles. The predicted octanol–water partition coefficient (Wildman–Crippen LogP) is 2.52. The number of aliphatic hydroxyl groups excluding tert-OH is 1. The van der Waals surface area contributed by atoms with Crippen molar-refractivity contribution in [2.75, 3.05) is 6.61 Å². The van der Waals surface area contributed by atoms with Crippen LogP contribution < -0.4 is 0 Å². The van der Waals surface area contributed by atoms with E-state index in [4.69, 9.17) is 4.74 Å². The second kappa shape index (κ2) is 6.86. The minimum absolute atomic E-state index is 0.0182. The Labute approximate surface area is 177 Å². The zero-order valence-electron chi connectivity index (χ0n) is 18.2. The fraction of sp³-hybridized carbons (Fsp3) is 0.708. The highest BCUT2D eigenvalue weighted by molar-refractivity contribution is 5.93. The van der Waals surface area contributed by atoms with E-state index in [0.717, 1.165) is 11.1 Å². The average Bonchev–Trinajstić information content (AvgIpc) is 2.93. The van der Waals surface area contributed by atoms with E-state index < -0.39 is 35.5 Å². The van der Waals surface area contributed by atoms with Crippen molar-refractivity contribution in [3.63, 3.8) is 0 Å². The van der Waals surface area contributed by atoms with Crippen LogP contribution >= 0.6 is 0 Å². The van der Waals surface area contributed by atoms with Gasteiger partial charge in [0.05, 0.1) is 6.10 Å². The normalized spacial score (nSPS) is 44.9. The lowest BCUT2D eigenvalue weighted by molar-refractivity contribution is -0.177. The zero-order valence-corrected chi connectivity index (χ0v) is 18.2. The van der Waals surface area contributed by atoms with Gasteiger partial charge in [-0.1, -0.05) is 25.5 Å². The Balaban J connectivity index is 1.73. The maximum absolute atomic E-state index is 12.9. The number of fused-ring (bicyclic) bond motifs is 5. The van der Waals surface area contributed by atoms with E-state index in [1.165, 1.54) is 6.92 Å². The third-order valence-corrected chi connectivity index (χ3v) is 8.79. The molecule has 2 saturated carbocycles. The summed E-state index contributed by atoms with van der Waals surface area (Å²) in [6, 6.07) is 0. The first-order chi connectivity index (χ1) is 13.9. The number of Topliss-reactive ketones (excluding diaryl/α,β-unsaturated/α-hetero) is 1. The van der Waals surface area contributed by atoms with Gasteiger partial charge in [0.1, 0.15) is 5.60 Å². The highest BCUT2D eigenvalue weighted by Gasteiger charge is 2.68. The van der Waals surface area contributed by atoms with Crippen LogP contribution in [0.2, 0.25) is 0 Å². The van der Waals surface area contributed by atoms with Crippen LogP contribution in [0, 0.1) is 28.6 Å². The molecule has 0 radical (unpaired) electrons. The molecule has 0 amide bonds. The smallest absolute Gasteiger partial charge is 0.303 e. The molecule has 6 nitrogen and oxygen atoms in total. The van der Waals surface area contributed by atoms with Gasteiger partial charge < -0.3 is 14.9 Å². The van der Waals surface area contributed by atoms with Crippen LogP contribution in [0.15, 0.2) is 23.3 Å². The third kappa shape index (κ3) is 2.79. The maximum atomic E-state index is 12.9. The summed E-state index contributed by atoms with van der Waals surface area (Å²) in [7, 11) is 0. The van der Waals surface area contributed by atoms with Crippen LogP contribution in [0.4, 0.5) is 0 Å². The molecule has 0 aromatic carbocycles. The summed E-state index contributed by atoms with van der Waals surface area (Å²) in [5, 5.41) is 22.9. The van der Waals surface area contributed by atoms with E-state index in [2.05, 4.69) is 13.0 Å². The van der Waals surface area contributed by atoms with Crippen molar-refractivity contribution in [1.29, 1.82) is 0 Å². The van der Waals surface area contributed by atoms with Gasteiger partial charge in [0.2, 0.25) is 5.78 Å². The minimum atomic E-state index is -1.62.